The maximum absolute atomic E-state index is 13.2. The van der Waals surface area contributed by atoms with Gasteiger partial charge in [0.05, 0.1) is 24.9 Å². The molecule has 0 bridgehead atoms. The summed E-state index contributed by atoms with van der Waals surface area (Å²) in [7, 11) is 0. The molecule has 2 heterocycles. The molecular weight excluding hydrogens is 358 g/mol. The van der Waals surface area contributed by atoms with E-state index in [1.165, 1.54) is 0 Å². The number of nitrogens with zero attached hydrogens (tertiary/aromatic N) is 2. The molecule has 0 unspecified atom stereocenters. The van der Waals surface area contributed by atoms with Gasteiger partial charge in [-0.05, 0) is 35.9 Å². The Labute approximate surface area is 162 Å². The number of hydrogen-bond acceptors (Lipinski definition) is 5. The molecular formula is C21H21N3O4. The van der Waals surface area contributed by atoms with Crippen molar-refractivity contribution >= 4 is 5.91 Å². The number of H-pyrrole nitrogens is 1. The van der Waals surface area contributed by atoms with E-state index in [0.29, 0.717) is 24.5 Å². The zero-order valence-corrected chi connectivity index (χ0v) is 15.2. The molecule has 0 spiro atoms. The van der Waals surface area contributed by atoms with Crippen molar-refractivity contribution in [3.8, 4) is 17.0 Å². The summed E-state index contributed by atoms with van der Waals surface area (Å²) in [5.74, 6) is -0.0298. The van der Waals surface area contributed by atoms with Gasteiger partial charge in [-0.3, -0.25) is 9.89 Å². The van der Waals surface area contributed by atoms with Crippen molar-refractivity contribution in [2.24, 2.45) is 0 Å². The smallest absolute Gasteiger partial charge is 0.272 e. The average Bonchev–Trinajstić information content (AvgIpc) is 3.24. The van der Waals surface area contributed by atoms with Crippen LogP contribution in [0.15, 0.2) is 60.7 Å². The van der Waals surface area contributed by atoms with Gasteiger partial charge < -0.3 is 19.8 Å². The van der Waals surface area contributed by atoms with Gasteiger partial charge in [0.25, 0.3) is 5.91 Å². The molecule has 0 aliphatic carbocycles. The number of phenolic OH excluding ortho intramolecular Hbond substituents is 1. The van der Waals surface area contributed by atoms with Crippen LogP contribution in [0.3, 0.4) is 0 Å². The summed E-state index contributed by atoms with van der Waals surface area (Å²) in [4.78, 5) is 14.9. The summed E-state index contributed by atoms with van der Waals surface area (Å²) in [6.07, 6.45) is -0.486. The first-order valence-electron chi connectivity index (χ1n) is 9.10. The van der Waals surface area contributed by atoms with Crippen molar-refractivity contribution in [2.75, 3.05) is 19.8 Å². The molecule has 0 radical (unpaired) electrons. The van der Waals surface area contributed by atoms with Crippen LogP contribution in [0.4, 0.5) is 0 Å². The number of carbonyl (C=O) groups is 1. The fourth-order valence-corrected chi connectivity index (χ4v) is 3.52. The summed E-state index contributed by atoms with van der Waals surface area (Å²) in [5, 5.41) is 26.2. The number of morpholine rings is 1. The standard InChI is InChI=1S/C21H21N3O4/c25-13-19-20(15-4-2-1-3-5-15)24(10-11-28-19)21(27)18-12-17(22-23-18)14-6-8-16(26)9-7-14/h1-9,12,19-20,25-26H,10-11,13H2,(H,22,23)/t19-,20-/m0/s1. The molecule has 2 atom stereocenters. The molecule has 1 fully saturated rings. The van der Waals surface area contributed by atoms with Gasteiger partial charge in [-0.1, -0.05) is 30.3 Å². The van der Waals surface area contributed by atoms with Crippen LogP contribution in [-0.4, -0.2) is 57.1 Å². The van der Waals surface area contributed by atoms with E-state index in [2.05, 4.69) is 10.2 Å². The van der Waals surface area contributed by atoms with Crippen molar-refractivity contribution in [1.82, 2.24) is 15.1 Å². The molecule has 2 aromatic carbocycles. The van der Waals surface area contributed by atoms with Crippen LogP contribution in [0.5, 0.6) is 5.75 Å². The van der Waals surface area contributed by atoms with E-state index < -0.39 is 6.10 Å². The fourth-order valence-electron chi connectivity index (χ4n) is 3.52. The minimum atomic E-state index is -0.486. The first kappa shape index (κ1) is 18.2. The lowest BCUT2D eigenvalue weighted by molar-refractivity contribution is -0.0812. The average molecular weight is 379 g/mol. The van der Waals surface area contributed by atoms with Crippen molar-refractivity contribution in [3.05, 3.63) is 71.9 Å². The maximum atomic E-state index is 13.2. The minimum absolute atomic E-state index is 0.171. The SMILES string of the molecule is O=C(c1cc(-c2ccc(O)cc2)n[nH]1)N1CCO[C@@H](CO)[C@@H]1c1ccccc1. The highest BCUT2D eigenvalue weighted by atomic mass is 16.5. The molecule has 4 rings (SSSR count). The third kappa shape index (κ3) is 3.49. The summed E-state index contributed by atoms with van der Waals surface area (Å²) < 4.78 is 5.70. The number of benzene rings is 2. The highest BCUT2D eigenvalue weighted by Gasteiger charge is 2.37. The highest BCUT2D eigenvalue weighted by Crippen LogP contribution is 2.31. The van der Waals surface area contributed by atoms with Crippen LogP contribution in [0.25, 0.3) is 11.3 Å². The number of aromatic hydroxyl groups is 1. The van der Waals surface area contributed by atoms with E-state index in [9.17, 15) is 15.0 Å². The molecule has 3 aromatic rings. The zero-order chi connectivity index (χ0) is 19.5. The van der Waals surface area contributed by atoms with E-state index in [1.807, 2.05) is 30.3 Å². The Morgan fingerprint density at radius 1 is 1.18 bits per heavy atom. The zero-order valence-electron chi connectivity index (χ0n) is 15.2. The summed E-state index contributed by atoms with van der Waals surface area (Å²) in [6.45, 7) is 0.604. The lowest BCUT2D eigenvalue weighted by Gasteiger charge is -2.40. The van der Waals surface area contributed by atoms with Crippen LogP contribution < -0.4 is 0 Å². The van der Waals surface area contributed by atoms with Gasteiger partial charge in [0, 0.05) is 12.1 Å². The van der Waals surface area contributed by atoms with Crippen LogP contribution in [0, 0.1) is 0 Å². The number of ether oxygens (including phenoxy) is 1. The molecule has 1 aliphatic heterocycles. The molecule has 3 N–H and O–H groups in total. The number of hydrogen-bond donors (Lipinski definition) is 3. The van der Waals surface area contributed by atoms with Crippen molar-refractivity contribution in [2.45, 2.75) is 12.1 Å². The van der Waals surface area contributed by atoms with E-state index >= 15 is 0 Å². The van der Waals surface area contributed by atoms with Gasteiger partial charge in [-0.2, -0.15) is 5.10 Å². The number of aromatic nitrogens is 2. The second-order valence-electron chi connectivity index (χ2n) is 6.66. The topological polar surface area (TPSA) is 98.7 Å². The lowest BCUT2D eigenvalue weighted by atomic mass is 9.98. The molecule has 7 heteroatoms. The number of phenols is 1. The first-order valence-corrected chi connectivity index (χ1v) is 9.10. The number of carbonyl (C=O) groups excluding carboxylic acids is 1. The predicted octanol–water partition coefficient (Wildman–Crippen LogP) is 2.36. The number of aliphatic hydroxyl groups is 1. The number of aromatic amines is 1. The van der Waals surface area contributed by atoms with Gasteiger partial charge >= 0.3 is 0 Å². The fraction of sp³-hybridized carbons (Fsp3) is 0.238. The Hall–Kier alpha value is -3.16. The predicted molar refractivity (Wildman–Crippen MR) is 103 cm³/mol. The second kappa shape index (κ2) is 7.84. The van der Waals surface area contributed by atoms with Crippen LogP contribution >= 0.6 is 0 Å². The van der Waals surface area contributed by atoms with E-state index in [4.69, 9.17) is 4.74 Å². The number of rotatable bonds is 4. The molecule has 28 heavy (non-hydrogen) atoms. The Bertz CT molecular complexity index is 940. The summed E-state index contributed by atoms with van der Waals surface area (Å²) >= 11 is 0. The first-order chi connectivity index (χ1) is 13.7. The third-order valence-electron chi connectivity index (χ3n) is 4.91. The molecule has 7 nitrogen and oxygen atoms in total. The molecule has 1 saturated heterocycles. The van der Waals surface area contributed by atoms with Gasteiger partial charge in [0.1, 0.15) is 17.5 Å². The normalized spacial score (nSPS) is 19.5. The van der Waals surface area contributed by atoms with Gasteiger partial charge in [0.2, 0.25) is 0 Å². The van der Waals surface area contributed by atoms with Crippen LogP contribution in [0.1, 0.15) is 22.1 Å². The Kier molecular flexibility index (Phi) is 5.10. The number of amides is 1. The van der Waals surface area contributed by atoms with E-state index in [1.54, 1.807) is 35.2 Å². The molecule has 1 aromatic heterocycles. The monoisotopic (exact) mass is 379 g/mol. The molecule has 144 valence electrons. The van der Waals surface area contributed by atoms with Crippen molar-refractivity contribution < 1.29 is 19.7 Å². The van der Waals surface area contributed by atoms with Gasteiger partial charge in [-0.15, -0.1) is 0 Å². The Balaban J connectivity index is 1.63. The minimum Gasteiger partial charge on any atom is -0.508 e. The highest BCUT2D eigenvalue weighted by molar-refractivity contribution is 5.93. The quantitative estimate of drug-likeness (QED) is 0.646. The molecule has 1 amide bonds. The maximum Gasteiger partial charge on any atom is 0.272 e. The van der Waals surface area contributed by atoms with Crippen LogP contribution in [-0.2, 0) is 4.74 Å². The van der Waals surface area contributed by atoms with Crippen LogP contribution in [0.2, 0.25) is 0 Å². The van der Waals surface area contributed by atoms with Gasteiger partial charge in [-0.25, -0.2) is 0 Å². The Morgan fingerprint density at radius 3 is 2.64 bits per heavy atom. The largest absolute Gasteiger partial charge is 0.508 e. The van der Waals surface area contributed by atoms with Gasteiger partial charge in [0.15, 0.2) is 0 Å². The third-order valence-corrected chi connectivity index (χ3v) is 4.91. The molecule has 1 aliphatic rings. The second-order valence-corrected chi connectivity index (χ2v) is 6.66. The number of aliphatic hydroxyl groups excluding tert-OH is 1. The van der Waals surface area contributed by atoms with E-state index in [-0.39, 0.29) is 24.3 Å². The van der Waals surface area contributed by atoms with E-state index in [0.717, 1.165) is 11.1 Å². The molecule has 0 saturated carbocycles. The Morgan fingerprint density at radius 2 is 1.93 bits per heavy atom. The lowest BCUT2D eigenvalue weighted by Crippen LogP contribution is -2.49. The summed E-state index contributed by atoms with van der Waals surface area (Å²) in [5.41, 5.74) is 2.69. The van der Waals surface area contributed by atoms with Crippen molar-refractivity contribution in [3.63, 3.8) is 0 Å². The number of nitrogens with one attached hydrogen (secondary N) is 1. The summed E-state index contributed by atoms with van der Waals surface area (Å²) in [6, 6.07) is 17.5. The van der Waals surface area contributed by atoms with Crippen molar-refractivity contribution in [1.29, 1.82) is 0 Å².